The van der Waals surface area contributed by atoms with Crippen LogP contribution in [0, 0.1) is 10.1 Å². The van der Waals surface area contributed by atoms with E-state index in [0.717, 1.165) is 4.90 Å². The zero-order valence-electron chi connectivity index (χ0n) is 12.7. The molecule has 0 spiro atoms. The standard InChI is InChI=1S/C17H12N2O5/c1-10(20)15-11(5-4-8-14(15)19(23)24)9-18-16(21)12-6-2-3-7-13(12)17(18)22/h2-8H,9H2,1H3. The number of Topliss-reactive ketones (excluding diaryl/α,β-unsaturated/α-hetero) is 1. The minimum Gasteiger partial charge on any atom is -0.294 e. The molecule has 0 unspecified atom stereocenters. The second-order valence-corrected chi connectivity index (χ2v) is 5.37. The molecule has 7 heteroatoms. The molecule has 1 aliphatic heterocycles. The van der Waals surface area contributed by atoms with Crippen molar-refractivity contribution in [1.82, 2.24) is 4.90 Å². The molecule has 24 heavy (non-hydrogen) atoms. The van der Waals surface area contributed by atoms with E-state index in [9.17, 15) is 24.5 Å². The Kier molecular flexibility index (Phi) is 3.69. The Labute approximate surface area is 136 Å². The number of benzene rings is 2. The molecule has 0 aliphatic carbocycles. The number of hydrogen-bond acceptors (Lipinski definition) is 5. The molecule has 3 rings (SSSR count). The van der Waals surface area contributed by atoms with Crippen molar-refractivity contribution >= 4 is 23.3 Å². The molecule has 2 aromatic rings. The zero-order chi connectivity index (χ0) is 17.4. The number of nitrogens with zero attached hydrogens (tertiary/aromatic N) is 2. The molecule has 1 aliphatic rings. The second kappa shape index (κ2) is 5.69. The van der Waals surface area contributed by atoms with Crippen molar-refractivity contribution in [3.63, 3.8) is 0 Å². The Morgan fingerprint density at radius 2 is 1.62 bits per heavy atom. The summed E-state index contributed by atoms with van der Waals surface area (Å²) in [6.45, 7) is 1.02. The highest BCUT2D eigenvalue weighted by molar-refractivity contribution is 6.21. The van der Waals surface area contributed by atoms with Crippen LogP contribution in [0.2, 0.25) is 0 Å². The fraction of sp³-hybridized carbons (Fsp3) is 0.118. The molecule has 0 radical (unpaired) electrons. The molecule has 2 amide bonds. The third-order valence-corrected chi connectivity index (χ3v) is 3.88. The summed E-state index contributed by atoms with van der Waals surface area (Å²) >= 11 is 0. The molecule has 2 aromatic carbocycles. The molecular formula is C17H12N2O5. The van der Waals surface area contributed by atoms with E-state index in [0.29, 0.717) is 0 Å². The number of carbonyl (C=O) groups excluding carboxylic acids is 3. The van der Waals surface area contributed by atoms with Crippen LogP contribution in [-0.2, 0) is 6.54 Å². The van der Waals surface area contributed by atoms with E-state index in [-0.39, 0.29) is 34.5 Å². The van der Waals surface area contributed by atoms with Gasteiger partial charge >= 0.3 is 0 Å². The van der Waals surface area contributed by atoms with Crippen LogP contribution in [0.4, 0.5) is 5.69 Å². The zero-order valence-corrected chi connectivity index (χ0v) is 12.7. The molecule has 0 atom stereocenters. The van der Waals surface area contributed by atoms with Crippen molar-refractivity contribution in [3.8, 4) is 0 Å². The van der Waals surface area contributed by atoms with E-state index >= 15 is 0 Å². The molecule has 120 valence electrons. The lowest BCUT2D eigenvalue weighted by atomic mass is 10.0. The lowest BCUT2D eigenvalue weighted by Gasteiger charge is -2.15. The van der Waals surface area contributed by atoms with Crippen molar-refractivity contribution in [2.45, 2.75) is 13.5 Å². The number of carbonyl (C=O) groups is 3. The van der Waals surface area contributed by atoms with Crippen molar-refractivity contribution in [2.24, 2.45) is 0 Å². The quantitative estimate of drug-likeness (QED) is 0.372. The summed E-state index contributed by atoms with van der Waals surface area (Å²) < 4.78 is 0. The lowest BCUT2D eigenvalue weighted by Crippen LogP contribution is -2.29. The maximum absolute atomic E-state index is 12.4. The van der Waals surface area contributed by atoms with Gasteiger partial charge in [-0.2, -0.15) is 0 Å². The first-order chi connectivity index (χ1) is 11.4. The summed E-state index contributed by atoms with van der Waals surface area (Å²) in [7, 11) is 0. The summed E-state index contributed by atoms with van der Waals surface area (Å²) in [5.74, 6) is -1.44. The number of ketones is 1. The average molecular weight is 324 g/mol. The SMILES string of the molecule is CC(=O)c1c(CN2C(=O)c3ccccc3C2=O)cccc1[N+](=O)[O-]. The average Bonchev–Trinajstić information content (AvgIpc) is 2.80. The molecular weight excluding hydrogens is 312 g/mol. The molecule has 0 aromatic heterocycles. The molecule has 0 bridgehead atoms. The van der Waals surface area contributed by atoms with Crippen LogP contribution in [-0.4, -0.2) is 27.4 Å². The number of imide groups is 1. The van der Waals surface area contributed by atoms with Gasteiger partial charge < -0.3 is 0 Å². The normalized spacial score (nSPS) is 13.1. The maximum Gasteiger partial charge on any atom is 0.280 e. The summed E-state index contributed by atoms with van der Waals surface area (Å²) in [4.78, 5) is 48.1. The first-order valence-electron chi connectivity index (χ1n) is 7.14. The Morgan fingerprint density at radius 3 is 2.12 bits per heavy atom. The maximum atomic E-state index is 12.4. The van der Waals surface area contributed by atoms with Crippen LogP contribution in [0.25, 0.3) is 0 Å². The van der Waals surface area contributed by atoms with E-state index in [1.54, 1.807) is 24.3 Å². The molecule has 0 N–H and O–H groups in total. The highest BCUT2D eigenvalue weighted by Crippen LogP contribution is 2.28. The van der Waals surface area contributed by atoms with E-state index in [1.807, 2.05) is 0 Å². The van der Waals surface area contributed by atoms with Gasteiger partial charge in [-0.3, -0.25) is 29.4 Å². The van der Waals surface area contributed by atoms with Gasteiger partial charge in [-0.1, -0.05) is 24.3 Å². The van der Waals surface area contributed by atoms with Crippen molar-refractivity contribution in [1.29, 1.82) is 0 Å². The van der Waals surface area contributed by atoms with E-state index in [4.69, 9.17) is 0 Å². The molecule has 0 fully saturated rings. The summed E-state index contributed by atoms with van der Waals surface area (Å²) in [5, 5.41) is 11.1. The van der Waals surface area contributed by atoms with Crippen LogP contribution in [0.3, 0.4) is 0 Å². The predicted molar refractivity (Wildman–Crippen MR) is 83.7 cm³/mol. The number of rotatable bonds is 4. The number of hydrogen-bond donors (Lipinski definition) is 0. The fourth-order valence-corrected chi connectivity index (χ4v) is 2.83. The molecule has 1 heterocycles. The lowest BCUT2D eigenvalue weighted by molar-refractivity contribution is -0.385. The van der Waals surface area contributed by atoms with Crippen LogP contribution in [0.5, 0.6) is 0 Å². The molecule has 0 saturated carbocycles. The van der Waals surface area contributed by atoms with Gasteiger partial charge in [-0.05, 0) is 24.6 Å². The predicted octanol–water partition coefficient (Wildman–Crippen LogP) is 2.59. The largest absolute Gasteiger partial charge is 0.294 e. The van der Waals surface area contributed by atoms with Gasteiger partial charge in [0.25, 0.3) is 17.5 Å². The summed E-state index contributed by atoms with van der Waals surface area (Å²) in [6, 6.07) is 10.6. The van der Waals surface area contributed by atoms with Crippen LogP contribution in [0.1, 0.15) is 43.6 Å². The minimum absolute atomic E-state index is 0.0842. The Morgan fingerprint density at radius 1 is 1.04 bits per heavy atom. The number of nitro benzene ring substituents is 1. The summed E-state index contributed by atoms with van der Waals surface area (Å²) in [6.07, 6.45) is 0. The van der Waals surface area contributed by atoms with Gasteiger partial charge in [0.15, 0.2) is 5.78 Å². The summed E-state index contributed by atoms with van der Waals surface area (Å²) in [5.41, 5.74) is 0.427. The van der Waals surface area contributed by atoms with E-state index < -0.39 is 22.5 Å². The van der Waals surface area contributed by atoms with Gasteiger partial charge in [0.2, 0.25) is 0 Å². The van der Waals surface area contributed by atoms with Gasteiger partial charge in [-0.25, -0.2) is 0 Å². The third-order valence-electron chi connectivity index (χ3n) is 3.88. The highest BCUT2D eigenvalue weighted by Gasteiger charge is 2.36. The van der Waals surface area contributed by atoms with Gasteiger partial charge in [0, 0.05) is 6.07 Å². The number of nitro groups is 1. The highest BCUT2D eigenvalue weighted by atomic mass is 16.6. The first kappa shape index (κ1) is 15.5. The van der Waals surface area contributed by atoms with Gasteiger partial charge in [0.1, 0.15) is 0 Å². The number of fused-ring (bicyclic) bond motifs is 1. The van der Waals surface area contributed by atoms with Crippen molar-refractivity contribution < 1.29 is 19.3 Å². The van der Waals surface area contributed by atoms with Gasteiger partial charge in [0.05, 0.1) is 28.2 Å². The minimum atomic E-state index is -0.650. The Hall–Kier alpha value is -3.35. The topological polar surface area (TPSA) is 97.6 Å². The molecule has 0 saturated heterocycles. The Balaban J connectivity index is 2.03. The van der Waals surface area contributed by atoms with E-state index in [2.05, 4.69) is 0 Å². The van der Waals surface area contributed by atoms with Crippen LogP contribution in [0.15, 0.2) is 42.5 Å². The number of amides is 2. The first-order valence-corrected chi connectivity index (χ1v) is 7.14. The fourth-order valence-electron chi connectivity index (χ4n) is 2.83. The third kappa shape index (κ3) is 2.36. The molecule has 7 nitrogen and oxygen atoms in total. The smallest absolute Gasteiger partial charge is 0.280 e. The second-order valence-electron chi connectivity index (χ2n) is 5.37. The van der Waals surface area contributed by atoms with Crippen molar-refractivity contribution in [2.75, 3.05) is 0 Å². The van der Waals surface area contributed by atoms with Crippen LogP contribution < -0.4 is 0 Å². The monoisotopic (exact) mass is 324 g/mol. The van der Waals surface area contributed by atoms with Gasteiger partial charge in [-0.15, -0.1) is 0 Å². The van der Waals surface area contributed by atoms with Crippen molar-refractivity contribution in [3.05, 3.63) is 74.8 Å². The van der Waals surface area contributed by atoms with E-state index in [1.165, 1.54) is 25.1 Å². The Bertz CT molecular complexity index is 869. The van der Waals surface area contributed by atoms with Crippen LogP contribution >= 0.6 is 0 Å².